The van der Waals surface area contributed by atoms with Crippen LogP contribution in [0.4, 0.5) is 8.78 Å². The van der Waals surface area contributed by atoms with Crippen molar-refractivity contribution in [2.75, 3.05) is 13.7 Å². The molecule has 1 aliphatic rings. The van der Waals surface area contributed by atoms with Gasteiger partial charge in [0.25, 0.3) is 6.47 Å². The van der Waals surface area contributed by atoms with E-state index in [0.717, 1.165) is 6.04 Å². The van der Waals surface area contributed by atoms with Gasteiger partial charge in [-0.2, -0.15) is 8.78 Å². The Kier molecular flexibility index (Phi) is 13.7. The lowest BCUT2D eigenvalue weighted by molar-refractivity contribution is -0.126. The van der Waals surface area contributed by atoms with Gasteiger partial charge in [0.1, 0.15) is 0 Å². The van der Waals surface area contributed by atoms with Crippen LogP contribution in [-0.4, -0.2) is 37.9 Å². The van der Waals surface area contributed by atoms with E-state index >= 15 is 0 Å². The molecule has 0 aromatic carbocycles. The molecule has 0 spiro atoms. The van der Waals surface area contributed by atoms with E-state index in [1.165, 1.54) is 26.5 Å². The van der Waals surface area contributed by atoms with E-state index in [4.69, 9.17) is 9.90 Å². The zero-order chi connectivity index (χ0) is 11.4. The van der Waals surface area contributed by atoms with Crippen LogP contribution in [-0.2, 0) is 9.53 Å². The molecule has 0 amide bonds. The topological polar surface area (TPSA) is 58.6 Å². The summed E-state index contributed by atoms with van der Waals surface area (Å²) in [7, 11) is 1.31. The van der Waals surface area contributed by atoms with E-state index < -0.39 is 6.61 Å². The van der Waals surface area contributed by atoms with E-state index in [2.05, 4.69) is 17.0 Å². The van der Waals surface area contributed by atoms with Crippen molar-refractivity contribution in [3.63, 3.8) is 0 Å². The van der Waals surface area contributed by atoms with E-state index in [1.807, 2.05) is 0 Å². The molecular weight excluding hydrogens is 196 g/mol. The van der Waals surface area contributed by atoms with Crippen LogP contribution in [0.3, 0.4) is 0 Å². The summed E-state index contributed by atoms with van der Waals surface area (Å²) in [5.74, 6) is 0. The molecule has 0 radical (unpaired) electrons. The minimum atomic E-state index is -3.17. The van der Waals surface area contributed by atoms with E-state index in [9.17, 15) is 8.78 Å². The lowest BCUT2D eigenvalue weighted by atomic mass is 10.3. The minimum Gasteiger partial charge on any atom is -0.471 e. The molecule has 0 aromatic rings. The highest BCUT2D eigenvalue weighted by Gasteiger charge is 2.05. The molecule has 1 heterocycles. The van der Waals surface area contributed by atoms with Crippen LogP contribution in [0, 0.1) is 0 Å². The summed E-state index contributed by atoms with van der Waals surface area (Å²) < 4.78 is 23.6. The Morgan fingerprint density at radius 2 is 2.07 bits per heavy atom. The highest BCUT2D eigenvalue weighted by atomic mass is 19.3. The lowest BCUT2D eigenvalue weighted by Gasteiger charge is -1.95. The average molecular weight is 213 g/mol. The Bertz CT molecular complexity index is 116. The summed E-state index contributed by atoms with van der Waals surface area (Å²) in [6, 6.07) is 0.796. The van der Waals surface area contributed by atoms with Gasteiger partial charge >= 0.3 is 6.61 Å². The standard InChI is InChI=1S/C5H11N.C2H4O2.CH2F2O/c1-5-3-2-4-6-5;1-4-2-3;2-1(3)4/h5-6H,2-4H2,1H3;2H,1H3;1,4H. The Morgan fingerprint density at radius 1 is 1.64 bits per heavy atom. The fraction of sp³-hybridized carbons (Fsp3) is 0.875. The molecule has 1 saturated heterocycles. The van der Waals surface area contributed by atoms with Crippen LogP contribution in [0.1, 0.15) is 19.8 Å². The van der Waals surface area contributed by atoms with Crippen molar-refractivity contribution < 1.29 is 23.4 Å². The molecule has 1 unspecified atom stereocenters. The van der Waals surface area contributed by atoms with Gasteiger partial charge in [0.2, 0.25) is 0 Å². The Labute approximate surface area is 82.2 Å². The van der Waals surface area contributed by atoms with Crippen molar-refractivity contribution in [1.29, 1.82) is 0 Å². The largest absolute Gasteiger partial charge is 0.471 e. The first-order valence-corrected chi connectivity index (χ1v) is 4.20. The molecule has 6 heteroatoms. The highest BCUT2D eigenvalue weighted by molar-refractivity contribution is 5.36. The van der Waals surface area contributed by atoms with Gasteiger partial charge in [0.05, 0.1) is 7.11 Å². The SMILES string of the molecule is CC1CCCN1.COC=O.OC(F)F. The van der Waals surface area contributed by atoms with Crippen molar-refractivity contribution in [2.45, 2.75) is 32.4 Å². The number of aliphatic hydroxyl groups excluding tert-OH is 1. The number of aliphatic hydroxyl groups is 1. The summed E-state index contributed by atoms with van der Waals surface area (Å²) in [5, 5.41) is 10.0. The van der Waals surface area contributed by atoms with Crippen molar-refractivity contribution >= 4 is 6.47 Å². The Morgan fingerprint density at radius 3 is 2.14 bits per heavy atom. The first kappa shape index (κ1) is 15.7. The van der Waals surface area contributed by atoms with E-state index in [-0.39, 0.29) is 0 Å². The number of carbonyl (C=O) groups excluding carboxylic acids is 1. The van der Waals surface area contributed by atoms with Gasteiger partial charge in [-0.25, -0.2) is 0 Å². The maximum Gasteiger partial charge on any atom is 0.342 e. The van der Waals surface area contributed by atoms with Crippen molar-refractivity contribution in [3.05, 3.63) is 0 Å². The number of nitrogens with one attached hydrogen (secondary N) is 1. The van der Waals surface area contributed by atoms with Gasteiger partial charge in [0.15, 0.2) is 0 Å². The molecule has 0 bridgehead atoms. The van der Waals surface area contributed by atoms with Gasteiger partial charge in [-0.05, 0) is 26.3 Å². The van der Waals surface area contributed by atoms with Crippen LogP contribution >= 0.6 is 0 Å². The van der Waals surface area contributed by atoms with Gasteiger partial charge in [-0.1, -0.05) is 0 Å². The highest BCUT2D eigenvalue weighted by Crippen LogP contribution is 2.01. The smallest absolute Gasteiger partial charge is 0.342 e. The van der Waals surface area contributed by atoms with Gasteiger partial charge in [-0.3, -0.25) is 4.79 Å². The normalized spacial score (nSPS) is 18.9. The van der Waals surface area contributed by atoms with Crippen molar-refractivity contribution in [3.8, 4) is 0 Å². The minimum absolute atomic E-state index is 0.375. The fourth-order valence-electron chi connectivity index (χ4n) is 0.859. The fourth-order valence-corrected chi connectivity index (χ4v) is 0.859. The van der Waals surface area contributed by atoms with E-state index in [0.29, 0.717) is 6.47 Å². The monoisotopic (exact) mass is 213 g/mol. The molecule has 1 atom stereocenters. The first-order chi connectivity index (χ1) is 6.54. The lowest BCUT2D eigenvalue weighted by Crippen LogP contribution is -2.16. The third-order valence-electron chi connectivity index (χ3n) is 1.40. The zero-order valence-electron chi connectivity index (χ0n) is 8.37. The number of alkyl halides is 2. The average Bonchev–Trinajstić information content (AvgIpc) is 2.55. The molecule has 4 nitrogen and oxygen atoms in total. The second-order valence-electron chi connectivity index (χ2n) is 2.61. The Hall–Kier alpha value is -0.750. The molecule has 0 aliphatic carbocycles. The third kappa shape index (κ3) is 22.5. The third-order valence-corrected chi connectivity index (χ3v) is 1.40. The van der Waals surface area contributed by atoms with Gasteiger partial charge in [0, 0.05) is 6.04 Å². The number of ether oxygens (including phenoxy) is 1. The number of hydrogen-bond acceptors (Lipinski definition) is 4. The molecule has 86 valence electrons. The predicted octanol–water partition coefficient (Wildman–Crippen LogP) is 0.749. The number of carbonyl (C=O) groups is 1. The maximum absolute atomic E-state index is 9.89. The van der Waals surface area contributed by atoms with Crippen molar-refractivity contribution in [1.82, 2.24) is 5.32 Å². The van der Waals surface area contributed by atoms with Crippen molar-refractivity contribution in [2.24, 2.45) is 0 Å². The summed E-state index contributed by atoms with van der Waals surface area (Å²) in [6.07, 6.45) is 2.75. The van der Waals surface area contributed by atoms with Crippen LogP contribution in [0.15, 0.2) is 0 Å². The second-order valence-corrected chi connectivity index (χ2v) is 2.61. The van der Waals surface area contributed by atoms with Crippen LogP contribution in [0.2, 0.25) is 0 Å². The number of rotatable bonds is 1. The van der Waals surface area contributed by atoms with E-state index in [1.54, 1.807) is 0 Å². The molecule has 1 aliphatic heterocycles. The van der Waals surface area contributed by atoms with Gasteiger partial charge < -0.3 is 15.2 Å². The molecule has 1 rings (SSSR count). The van der Waals surface area contributed by atoms with Gasteiger partial charge in [-0.15, -0.1) is 0 Å². The molecular formula is C8H17F2NO3. The summed E-state index contributed by atoms with van der Waals surface area (Å²) in [6.45, 7) is 0.675. The zero-order valence-corrected chi connectivity index (χ0v) is 8.37. The summed E-state index contributed by atoms with van der Waals surface area (Å²) >= 11 is 0. The molecule has 0 saturated carbocycles. The number of methoxy groups -OCH3 is 1. The van der Waals surface area contributed by atoms with Crippen LogP contribution in [0.5, 0.6) is 0 Å². The summed E-state index contributed by atoms with van der Waals surface area (Å²) in [5.41, 5.74) is 0. The number of hydrogen-bond donors (Lipinski definition) is 2. The number of halogens is 2. The first-order valence-electron chi connectivity index (χ1n) is 4.20. The quantitative estimate of drug-likeness (QED) is 0.631. The second kappa shape index (κ2) is 12.2. The molecule has 2 N–H and O–H groups in total. The van der Waals surface area contributed by atoms with Crippen LogP contribution < -0.4 is 5.32 Å². The predicted molar refractivity (Wildman–Crippen MR) is 48.0 cm³/mol. The Balaban J connectivity index is 0. The summed E-state index contributed by atoms with van der Waals surface area (Å²) in [4.78, 5) is 8.95. The van der Waals surface area contributed by atoms with Crippen LogP contribution in [0.25, 0.3) is 0 Å². The molecule has 14 heavy (non-hydrogen) atoms. The molecule has 0 aromatic heterocycles. The maximum atomic E-state index is 9.89. The molecule has 1 fully saturated rings.